The van der Waals surface area contributed by atoms with Gasteiger partial charge in [0.25, 0.3) is 0 Å². The van der Waals surface area contributed by atoms with Crippen molar-refractivity contribution in [1.82, 2.24) is 4.90 Å². The lowest BCUT2D eigenvalue weighted by molar-refractivity contribution is 0.170. The average Bonchev–Trinajstić information content (AvgIpc) is 2.35. The zero-order valence-corrected chi connectivity index (χ0v) is 12.4. The van der Waals surface area contributed by atoms with E-state index in [2.05, 4.69) is 36.8 Å². The van der Waals surface area contributed by atoms with Gasteiger partial charge in [0.2, 0.25) is 0 Å². The molecular formula is C15H25N3O. The Morgan fingerprint density at radius 3 is 2.42 bits per heavy atom. The highest BCUT2D eigenvalue weighted by Gasteiger charge is 2.26. The zero-order valence-electron chi connectivity index (χ0n) is 12.4. The SMILES string of the molecule is CCOc1cc(N)cc(N2CC(C)N(C)C(C)C2)c1. The van der Waals surface area contributed by atoms with E-state index in [1.165, 1.54) is 0 Å². The molecule has 2 N–H and O–H groups in total. The van der Waals surface area contributed by atoms with Crippen LogP contribution in [0.1, 0.15) is 20.8 Å². The van der Waals surface area contributed by atoms with Gasteiger partial charge in [0.05, 0.1) is 6.61 Å². The number of piperazine rings is 1. The summed E-state index contributed by atoms with van der Waals surface area (Å²) in [5, 5.41) is 0. The van der Waals surface area contributed by atoms with Crippen LogP contribution < -0.4 is 15.4 Å². The number of nitrogens with zero attached hydrogens (tertiary/aromatic N) is 2. The monoisotopic (exact) mass is 263 g/mol. The molecule has 2 atom stereocenters. The Balaban J connectivity index is 2.21. The fraction of sp³-hybridized carbons (Fsp3) is 0.600. The molecule has 0 saturated carbocycles. The van der Waals surface area contributed by atoms with Gasteiger partial charge in [-0.15, -0.1) is 0 Å². The molecule has 106 valence electrons. The first kappa shape index (κ1) is 14.0. The van der Waals surface area contributed by atoms with Crippen LogP contribution in [0.25, 0.3) is 0 Å². The normalized spacial score (nSPS) is 24.5. The van der Waals surface area contributed by atoms with Gasteiger partial charge in [-0.2, -0.15) is 0 Å². The molecule has 1 aliphatic heterocycles. The van der Waals surface area contributed by atoms with E-state index in [9.17, 15) is 0 Å². The number of hydrogen-bond acceptors (Lipinski definition) is 4. The van der Waals surface area contributed by atoms with Crippen LogP contribution in [0, 0.1) is 0 Å². The second-order valence-electron chi connectivity index (χ2n) is 5.46. The summed E-state index contributed by atoms with van der Waals surface area (Å²) >= 11 is 0. The molecule has 0 amide bonds. The van der Waals surface area contributed by atoms with Crippen molar-refractivity contribution in [2.45, 2.75) is 32.9 Å². The van der Waals surface area contributed by atoms with E-state index in [4.69, 9.17) is 10.5 Å². The maximum atomic E-state index is 5.98. The molecule has 1 aliphatic rings. The Morgan fingerprint density at radius 1 is 1.21 bits per heavy atom. The number of likely N-dealkylation sites (N-methyl/N-ethyl adjacent to an activating group) is 1. The van der Waals surface area contributed by atoms with Crippen LogP contribution in [-0.2, 0) is 0 Å². The number of anilines is 2. The van der Waals surface area contributed by atoms with Crippen LogP contribution >= 0.6 is 0 Å². The molecule has 2 unspecified atom stereocenters. The largest absolute Gasteiger partial charge is 0.494 e. The molecule has 1 heterocycles. The summed E-state index contributed by atoms with van der Waals surface area (Å²) in [5.41, 5.74) is 7.90. The molecule has 1 aromatic carbocycles. The van der Waals surface area contributed by atoms with Crippen LogP contribution in [0.2, 0.25) is 0 Å². The minimum Gasteiger partial charge on any atom is -0.494 e. The summed E-state index contributed by atoms with van der Waals surface area (Å²) < 4.78 is 5.58. The molecule has 1 saturated heterocycles. The third-order valence-electron chi connectivity index (χ3n) is 3.95. The molecule has 0 spiro atoms. The lowest BCUT2D eigenvalue weighted by Gasteiger charge is -2.43. The van der Waals surface area contributed by atoms with E-state index >= 15 is 0 Å². The Kier molecular flexibility index (Phi) is 4.20. The number of nitrogen functional groups attached to an aromatic ring is 1. The van der Waals surface area contributed by atoms with Crippen molar-refractivity contribution in [2.75, 3.05) is 37.4 Å². The number of rotatable bonds is 3. The zero-order chi connectivity index (χ0) is 14.0. The van der Waals surface area contributed by atoms with Crippen molar-refractivity contribution in [1.29, 1.82) is 0 Å². The molecule has 0 radical (unpaired) electrons. The third kappa shape index (κ3) is 3.13. The van der Waals surface area contributed by atoms with Gasteiger partial charge in [0.15, 0.2) is 0 Å². The van der Waals surface area contributed by atoms with Gasteiger partial charge < -0.3 is 15.4 Å². The number of benzene rings is 1. The highest BCUT2D eigenvalue weighted by molar-refractivity contribution is 5.61. The van der Waals surface area contributed by atoms with Gasteiger partial charge in [-0.05, 0) is 33.9 Å². The predicted octanol–water partition coefficient (Wildman–Crippen LogP) is 2.20. The van der Waals surface area contributed by atoms with Crippen molar-refractivity contribution < 1.29 is 4.74 Å². The van der Waals surface area contributed by atoms with Gasteiger partial charge in [-0.3, -0.25) is 4.90 Å². The Morgan fingerprint density at radius 2 is 1.84 bits per heavy atom. The fourth-order valence-corrected chi connectivity index (χ4v) is 2.65. The Bertz CT molecular complexity index is 423. The summed E-state index contributed by atoms with van der Waals surface area (Å²) in [5.74, 6) is 0.858. The fourth-order valence-electron chi connectivity index (χ4n) is 2.65. The van der Waals surface area contributed by atoms with E-state index in [1.54, 1.807) is 0 Å². The van der Waals surface area contributed by atoms with Gasteiger partial charge in [0, 0.05) is 48.7 Å². The summed E-state index contributed by atoms with van der Waals surface area (Å²) in [7, 11) is 2.19. The minimum absolute atomic E-state index is 0.542. The van der Waals surface area contributed by atoms with Gasteiger partial charge in [-0.1, -0.05) is 0 Å². The third-order valence-corrected chi connectivity index (χ3v) is 3.95. The van der Waals surface area contributed by atoms with Gasteiger partial charge in [0.1, 0.15) is 5.75 Å². The molecule has 19 heavy (non-hydrogen) atoms. The second kappa shape index (κ2) is 5.70. The van der Waals surface area contributed by atoms with Gasteiger partial charge >= 0.3 is 0 Å². The van der Waals surface area contributed by atoms with Crippen LogP contribution in [0.3, 0.4) is 0 Å². The first-order chi connectivity index (χ1) is 9.01. The van der Waals surface area contributed by atoms with Crippen molar-refractivity contribution in [2.24, 2.45) is 0 Å². The quantitative estimate of drug-likeness (QED) is 0.849. The smallest absolute Gasteiger partial charge is 0.123 e. The maximum Gasteiger partial charge on any atom is 0.123 e. The molecule has 4 heteroatoms. The van der Waals surface area contributed by atoms with Crippen molar-refractivity contribution in [3.63, 3.8) is 0 Å². The van der Waals surface area contributed by atoms with Crippen LogP contribution in [0.15, 0.2) is 18.2 Å². The molecule has 0 aromatic heterocycles. The van der Waals surface area contributed by atoms with Crippen LogP contribution in [0.4, 0.5) is 11.4 Å². The second-order valence-corrected chi connectivity index (χ2v) is 5.46. The first-order valence-electron chi connectivity index (χ1n) is 7.01. The highest BCUT2D eigenvalue weighted by Crippen LogP contribution is 2.28. The summed E-state index contributed by atoms with van der Waals surface area (Å²) in [4.78, 5) is 4.82. The molecule has 2 rings (SSSR count). The van der Waals surface area contributed by atoms with E-state index in [1.807, 2.05) is 19.1 Å². The summed E-state index contributed by atoms with van der Waals surface area (Å²) in [6.07, 6.45) is 0. The lowest BCUT2D eigenvalue weighted by Crippen LogP contribution is -2.55. The van der Waals surface area contributed by atoms with Crippen molar-refractivity contribution in [3.05, 3.63) is 18.2 Å². The standard InChI is InChI=1S/C15H25N3O/c1-5-19-15-7-13(16)6-14(8-15)18-9-11(2)17(4)12(3)10-18/h6-8,11-12H,5,9-10,16H2,1-4H3. The number of ether oxygens (including phenoxy) is 1. The predicted molar refractivity (Wildman–Crippen MR) is 80.9 cm³/mol. The van der Waals surface area contributed by atoms with E-state index in [0.717, 1.165) is 30.2 Å². The summed E-state index contributed by atoms with van der Waals surface area (Å²) in [6.45, 7) is 9.23. The summed E-state index contributed by atoms with van der Waals surface area (Å²) in [6, 6.07) is 7.09. The molecule has 4 nitrogen and oxygen atoms in total. The lowest BCUT2D eigenvalue weighted by atomic mass is 10.1. The molecule has 0 aliphatic carbocycles. The van der Waals surface area contributed by atoms with Crippen molar-refractivity contribution >= 4 is 11.4 Å². The average molecular weight is 263 g/mol. The Hall–Kier alpha value is -1.42. The molecule has 0 bridgehead atoms. The van der Waals surface area contributed by atoms with Crippen molar-refractivity contribution in [3.8, 4) is 5.75 Å². The molecule has 1 fully saturated rings. The first-order valence-corrected chi connectivity index (χ1v) is 7.01. The Labute approximate surface area is 116 Å². The van der Waals surface area contributed by atoms with Gasteiger partial charge in [-0.25, -0.2) is 0 Å². The highest BCUT2D eigenvalue weighted by atomic mass is 16.5. The van der Waals surface area contributed by atoms with E-state index in [-0.39, 0.29) is 0 Å². The van der Waals surface area contributed by atoms with E-state index < -0.39 is 0 Å². The maximum absolute atomic E-state index is 5.98. The molecular weight excluding hydrogens is 238 g/mol. The number of nitrogens with two attached hydrogens (primary N) is 1. The topological polar surface area (TPSA) is 41.7 Å². The minimum atomic E-state index is 0.542. The van der Waals surface area contributed by atoms with E-state index in [0.29, 0.717) is 18.7 Å². The number of hydrogen-bond donors (Lipinski definition) is 1. The molecule has 1 aromatic rings. The van der Waals surface area contributed by atoms with Crippen LogP contribution in [0.5, 0.6) is 5.75 Å². The van der Waals surface area contributed by atoms with Crippen LogP contribution in [-0.4, -0.2) is 43.7 Å².